The molecule has 7 nitrogen and oxygen atoms in total. The highest BCUT2D eigenvalue weighted by atomic mass is 32.2. The molecule has 1 saturated heterocycles. The average Bonchev–Trinajstić information content (AvgIpc) is 2.61. The minimum Gasteiger partial charge on any atom is -0.348 e. The second-order valence-electron chi connectivity index (χ2n) is 6.58. The molecule has 27 heavy (non-hydrogen) atoms. The molecular weight excluding hydrogens is 373 g/mol. The molecule has 0 aliphatic carbocycles. The SMILES string of the molecule is CCNC(=O)C(=O)NCCC1CCCCN1S(=O)(=O)c1ccc(F)cc1C. The smallest absolute Gasteiger partial charge is 0.309 e. The van der Waals surface area contributed by atoms with Gasteiger partial charge in [0.05, 0.1) is 4.90 Å². The first-order chi connectivity index (χ1) is 12.8. The van der Waals surface area contributed by atoms with E-state index >= 15 is 0 Å². The first-order valence-electron chi connectivity index (χ1n) is 9.11. The highest BCUT2D eigenvalue weighted by Crippen LogP contribution is 2.28. The van der Waals surface area contributed by atoms with Crippen LogP contribution in [-0.2, 0) is 19.6 Å². The molecule has 1 aromatic rings. The van der Waals surface area contributed by atoms with Crippen molar-refractivity contribution in [1.82, 2.24) is 14.9 Å². The number of sulfonamides is 1. The van der Waals surface area contributed by atoms with Gasteiger partial charge in [0.1, 0.15) is 5.82 Å². The Morgan fingerprint density at radius 2 is 1.93 bits per heavy atom. The number of amides is 2. The molecule has 1 aromatic carbocycles. The topological polar surface area (TPSA) is 95.6 Å². The summed E-state index contributed by atoms with van der Waals surface area (Å²) in [4.78, 5) is 23.2. The number of likely N-dealkylation sites (N-methyl/N-ethyl adjacent to an activating group) is 1. The maximum atomic E-state index is 13.3. The van der Waals surface area contributed by atoms with Crippen LogP contribution in [0.3, 0.4) is 0 Å². The van der Waals surface area contributed by atoms with Gasteiger partial charge in [0.25, 0.3) is 0 Å². The predicted molar refractivity (Wildman–Crippen MR) is 99.0 cm³/mol. The van der Waals surface area contributed by atoms with Crippen LogP contribution in [0, 0.1) is 12.7 Å². The van der Waals surface area contributed by atoms with Gasteiger partial charge in [0.15, 0.2) is 0 Å². The van der Waals surface area contributed by atoms with Crippen LogP contribution in [0.1, 0.15) is 38.2 Å². The lowest BCUT2D eigenvalue weighted by Gasteiger charge is -2.35. The van der Waals surface area contributed by atoms with Crippen molar-refractivity contribution >= 4 is 21.8 Å². The second kappa shape index (κ2) is 9.27. The minimum absolute atomic E-state index is 0.0992. The number of halogens is 1. The molecule has 1 unspecified atom stereocenters. The Balaban J connectivity index is 2.08. The number of hydrogen-bond donors (Lipinski definition) is 2. The number of aryl methyl sites for hydroxylation is 1. The van der Waals surface area contributed by atoms with Crippen molar-refractivity contribution in [3.63, 3.8) is 0 Å². The standard InChI is InChI=1S/C18H26FN3O4S/c1-3-20-17(23)18(24)21-10-9-15-6-4-5-11-22(15)27(25,26)16-8-7-14(19)12-13(16)2/h7-8,12,15H,3-6,9-11H2,1-2H3,(H,20,23)(H,21,24). The normalized spacial score (nSPS) is 18.1. The van der Waals surface area contributed by atoms with E-state index in [1.807, 2.05) is 0 Å². The van der Waals surface area contributed by atoms with Gasteiger partial charge in [-0.25, -0.2) is 12.8 Å². The summed E-state index contributed by atoms with van der Waals surface area (Å²) in [5, 5.41) is 4.93. The molecule has 9 heteroatoms. The summed E-state index contributed by atoms with van der Waals surface area (Å²) in [6.07, 6.45) is 2.73. The molecular formula is C18H26FN3O4S. The van der Waals surface area contributed by atoms with Gasteiger partial charge in [-0.05, 0) is 56.9 Å². The number of benzene rings is 1. The van der Waals surface area contributed by atoms with Crippen LogP contribution < -0.4 is 10.6 Å². The number of rotatable bonds is 6. The van der Waals surface area contributed by atoms with E-state index in [1.54, 1.807) is 13.8 Å². The lowest BCUT2D eigenvalue weighted by molar-refractivity contribution is -0.139. The Hall–Kier alpha value is -2.00. The fourth-order valence-corrected chi connectivity index (χ4v) is 5.21. The third kappa shape index (κ3) is 5.26. The van der Waals surface area contributed by atoms with Gasteiger partial charge in [-0.3, -0.25) is 9.59 Å². The van der Waals surface area contributed by atoms with Gasteiger partial charge in [0, 0.05) is 25.7 Å². The summed E-state index contributed by atoms with van der Waals surface area (Å²) in [5.74, 6) is -1.90. The molecule has 0 spiro atoms. The maximum absolute atomic E-state index is 13.3. The van der Waals surface area contributed by atoms with Crippen LogP contribution in [0.25, 0.3) is 0 Å². The van der Waals surface area contributed by atoms with E-state index in [0.29, 0.717) is 31.5 Å². The lowest BCUT2D eigenvalue weighted by Crippen LogP contribution is -2.46. The van der Waals surface area contributed by atoms with E-state index in [2.05, 4.69) is 10.6 Å². The van der Waals surface area contributed by atoms with E-state index in [-0.39, 0.29) is 17.5 Å². The summed E-state index contributed by atoms with van der Waals surface area (Å²) >= 11 is 0. The van der Waals surface area contributed by atoms with Crippen molar-refractivity contribution in [1.29, 1.82) is 0 Å². The zero-order valence-corrected chi connectivity index (χ0v) is 16.4. The number of piperidine rings is 1. The van der Waals surface area contributed by atoms with Crippen molar-refractivity contribution < 1.29 is 22.4 Å². The van der Waals surface area contributed by atoms with Crippen molar-refractivity contribution in [2.24, 2.45) is 0 Å². The highest BCUT2D eigenvalue weighted by Gasteiger charge is 2.34. The van der Waals surface area contributed by atoms with E-state index < -0.39 is 27.7 Å². The van der Waals surface area contributed by atoms with Crippen molar-refractivity contribution in [3.05, 3.63) is 29.6 Å². The number of nitrogens with one attached hydrogen (secondary N) is 2. The Labute approximate surface area is 159 Å². The first kappa shape index (κ1) is 21.3. The Kier molecular flexibility index (Phi) is 7.32. The van der Waals surface area contributed by atoms with E-state index in [9.17, 15) is 22.4 Å². The third-order valence-electron chi connectivity index (χ3n) is 4.60. The summed E-state index contributed by atoms with van der Waals surface area (Å²) in [6, 6.07) is 3.37. The molecule has 0 radical (unpaired) electrons. The van der Waals surface area contributed by atoms with Gasteiger partial charge in [-0.2, -0.15) is 4.31 Å². The van der Waals surface area contributed by atoms with Gasteiger partial charge in [-0.15, -0.1) is 0 Å². The molecule has 0 saturated carbocycles. The lowest BCUT2D eigenvalue weighted by atomic mass is 10.0. The monoisotopic (exact) mass is 399 g/mol. The zero-order chi connectivity index (χ0) is 20.0. The Morgan fingerprint density at radius 1 is 1.22 bits per heavy atom. The van der Waals surface area contributed by atoms with Crippen molar-refractivity contribution in [2.45, 2.75) is 50.5 Å². The van der Waals surface area contributed by atoms with Crippen LogP contribution in [0.4, 0.5) is 4.39 Å². The zero-order valence-electron chi connectivity index (χ0n) is 15.6. The van der Waals surface area contributed by atoms with E-state index in [1.165, 1.54) is 16.4 Å². The van der Waals surface area contributed by atoms with Gasteiger partial charge >= 0.3 is 11.8 Å². The molecule has 1 heterocycles. The molecule has 0 bridgehead atoms. The molecule has 1 atom stereocenters. The molecule has 0 aromatic heterocycles. The quantitative estimate of drug-likeness (QED) is 0.706. The van der Waals surface area contributed by atoms with Crippen LogP contribution in [0.15, 0.2) is 23.1 Å². The predicted octanol–water partition coefficient (Wildman–Crippen LogP) is 1.32. The fourth-order valence-electron chi connectivity index (χ4n) is 3.28. The van der Waals surface area contributed by atoms with Crippen LogP contribution >= 0.6 is 0 Å². The largest absolute Gasteiger partial charge is 0.348 e. The highest BCUT2D eigenvalue weighted by molar-refractivity contribution is 7.89. The number of nitrogens with zero attached hydrogens (tertiary/aromatic N) is 1. The number of carbonyl (C=O) groups excluding carboxylic acids is 2. The van der Waals surface area contributed by atoms with Gasteiger partial charge in [0.2, 0.25) is 10.0 Å². The van der Waals surface area contributed by atoms with Crippen LogP contribution in [0.2, 0.25) is 0 Å². The molecule has 150 valence electrons. The minimum atomic E-state index is -3.76. The second-order valence-corrected chi connectivity index (χ2v) is 8.44. The molecule has 1 aliphatic heterocycles. The van der Waals surface area contributed by atoms with Crippen LogP contribution in [0.5, 0.6) is 0 Å². The molecule has 2 N–H and O–H groups in total. The Morgan fingerprint density at radius 3 is 2.59 bits per heavy atom. The van der Waals surface area contributed by atoms with Crippen molar-refractivity contribution in [3.8, 4) is 0 Å². The Bertz CT molecular complexity index is 798. The molecule has 2 amide bonds. The van der Waals surface area contributed by atoms with Gasteiger partial charge < -0.3 is 10.6 Å². The summed E-state index contributed by atoms with van der Waals surface area (Å²) in [5.41, 5.74) is 0.365. The van der Waals surface area contributed by atoms with E-state index in [0.717, 1.165) is 18.9 Å². The maximum Gasteiger partial charge on any atom is 0.309 e. The number of hydrogen-bond acceptors (Lipinski definition) is 4. The first-order valence-corrected chi connectivity index (χ1v) is 10.6. The molecule has 2 rings (SSSR count). The summed E-state index contributed by atoms with van der Waals surface area (Å²) in [6.45, 7) is 4.23. The summed E-state index contributed by atoms with van der Waals surface area (Å²) in [7, 11) is -3.76. The molecule has 1 aliphatic rings. The third-order valence-corrected chi connectivity index (χ3v) is 6.72. The average molecular weight is 399 g/mol. The van der Waals surface area contributed by atoms with Crippen LogP contribution in [-0.4, -0.2) is 50.2 Å². The fraction of sp³-hybridized carbons (Fsp3) is 0.556. The number of carbonyl (C=O) groups is 2. The van der Waals surface area contributed by atoms with E-state index in [4.69, 9.17) is 0 Å². The van der Waals surface area contributed by atoms with Gasteiger partial charge in [-0.1, -0.05) is 6.42 Å². The van der Waals surface area contributed by atoms with Crippen molar-refractivity contribution in [2.75, 3.05) is 19.6 Å². The summed E-state index contributed by atoms with van der Waals surface area (Å²) < 4.78 is 40.9. The molecule has 1 fully saturated rings.